The molecule has 0 saturated carbocycles. The zero-order chi connectivity index (χ0) is 16.8. The molecule has 0 aliphatic carbocycles. The van der Waals surface area contributed by atoms with Crippen LogP contribution < -0.4 is 10.1 Å². The summed E-state index contributed by atoms with van der Waals surface area (Å²) in [7, 11) is 0. The summed E-state index contributed by atoms with van der Waals surface area (Å²) in [5.74, 6) is -0.0642. The summed E-state index contributed by atoms with van der Waals surface area (Å²) >= 11 is 17.9. The first-order valence-corrected chi connectivity index (χ1v) is 8.01. The molecule has 0 saturated heterocycles. The van der Waals surface area contributed by atoms with Gasteiger partial charge in [-0.1, -0.05) is 46.9 Å². The molecule has 3 nitrogen and oxygen atoms in total. The molecule has 0 amide bonds. The number of aliphatic hydroxyl groups excluding tert-OH is 1. The van der Waals surface area contributed by atoms with E-state index in [1.807, 2.05) is 0 Å². The molecule has 2 rings (SSSR count). The third-order valence-electron chi connectivity index (χ3n) is 3.08. The molecule has 1 unspecified atom stereocenters. The number of nitrogens with one attached hydrogen (secondary N) is 1. The van der Waals surface area contributed by atoms with Crippen LogP contribution in [-0.2, 0) is 6.54 Å². The topological polar surface area (TPSA) is 41.5 Å². The molecule has 0 bridgehead atoms. The number of hydrogen-bond donors (Lipinski definition) is 2. The number of hydrogen-bond acceptors (Lipinski definition) is 3. The Morgan fingerprint density at radius 2 is 1.65 bits per heavy atom. The lowest BCUT2D eigenvalue weighted by molar-refractivity contribution is 0.106. The summed E-state index contributed by atoms with van der Waals surface area (Å²) in [4.78, 5) is 0. The maximum atomic E-state index is 13.6. The molecule has 0 radical (unpaired) electrons. The van der Waals surface area contributed by atoms with Crippen LogP contribution in [0.1, 0.15) is 5.56 Å². The zero-order valence-corrected chi connectivity index (χ0v) is 14.3. The van der Waals surface area contributed by atoms with Gasteiger partial charge in [-0.2, -0.15) is 0 Å². The van der Waals surface area contributed by atoms with Gasteiger partial charge in [-0.15, -0.1) is 0 Å². The van der Waals surface area contributed by atoms with Gasteiger partial charge in [-0.05, 0) is 24.3 Å². The zero-order valence-electron chi connectivity index (χ0n) is 12.0. The minimum absolute atomic E-state index is 0.00145. The maximum Gasteiger partial charge on any atom is 0.156 e. The van der Waals surface area contributed by atoms with Crippen LogP contribution in [0.15, 0.2) is 36.4 Å². The highest BCUT2D eigenvalue weighted by molar-refractivity contribution is 6.37. The van der Waals surface area contributed by atoms with Crippen molar-refractivity contribution >= 4 is 34.8 Å². The van der Waals surface area contributed by atoms with E-state index in [4.69, 9.17) is 39.5 Å². The molecule has 0 aliphatic rings. The summed E-state index contributed by atoms with van der Waals surface area (Å²) in [5.41, 5.74) is 0.358. The van der Waals surface area contributed by atoms with Gasteiger partial charge in [0, 0.05) is 23.7 Å². The van der Waals surface area contributed by atoms with Crippen molar-refractivity contribution in [3.63, 3.8) is 0 Å². The fraction of sp³-hybridized carbons (Fsp3) is 0.250. The smallest absolute Gasteiger partial charge is 0.156 e. The van der Waals surface area contributed by atoms with Gasteiger partial charge in [0.2, 0.25) is 0 Å². The first-order chi connectivity index (χ1) is 11.0. The SMILES string of the molecule is OC(CNCc1c(F)cccc1Cl)COc1c(Cl)cccc1Cl. The second-order valence-corrected chi connectivity index (χ2v) is 6.07. The number of aliphatic hydroxyl groups is 1. The van der Waals surface area contributed by atoms with Crippen LogP contribution in [0, 0.1) is 5.82 Å². The van der Waals surface area contributed by atoms with Crippen LogP contribution in [0.3, 0.4) is 0 Å². The van der Waals surface area contributed by atoms with Crippen molar-refractivity contribution in [1.82, 2.24) is 5.32 Å². The van der Waals surface area contributed by atoms with Crippen LogP contribution in [-0.4, -0.2) is 24.4 Å². The normalized spacial score (nSPS) is 12.2. The molecule has 124 valence electrons. The van der Waals surface area contributed by atoms with Gasteiger partial charge in [-0.25, -0.2) is 4.39 Å². The Hall–Kier alpha value is -1.04. The molecular formula is C16H15Cl3FNO2. The molecule has 0 aromatic heterocycles. The summed E-state index contributed by atoms with van der Waals surface area (Å²) in [5, 5.41) is 13.9. The van der Waals surface area contributed by atoms with Gasteiger partial charge in [0.25, 0.3) is 0 Å². The largest absolute Gasteiger partial charge is 0.488 e. The quantitative estimate of drug-likeness (QED) is 0.754. The predicted molar refractivity (Wildman–Crippen MR) is 91.1 cm³/mol. The van der Waals surface area contributed by atoms with Gasteiger partial charge in [0.1, 0.15) is 18.5 Å². The van der Waals surface area contributed by atoms with E-state index < -0.39 is 11.9 Å². The van der Waals surface area contributed by atoms with Crippen LogP contribution in [0.25, 0.3) is 0 Å². The Kier molecular flexibility index (Phi) is 6.93. The van der Waals surface area contributed by atoms with Crippen LogP contribution in [0.5, 0.6) is 5.75 Å². The molecule has 0 spiro atoms. The van der Waals surface area contributed by atoms with E-state index in [2.05, 4.69) is 5.32 Å². The van der Waals surface area contributed by atoms with Gasteiger partial charge in [-0.3, -0.25) is 0 Å². The Morgan fingerprint density at radius 3 is 2.30 bits per heavy atom. The number of halogens is 4. The molecule has 0 heterocycles. The van der Waals surface area contributed by atoms with Crippen molar-refractivity contribution in [3.8, 4) is 5.75 Å². The maximum absolute atomic E-state index is 13.6. The van der Waals surface area contributed by atoms with Crippen LogP contribution in [0.4, 0.5) is 4.39 Å². The van der Waals surface area contributed by atoms with E-state index in [1.165, 1.54) is 12.1 Å². The van der Waals surface area contributed by atoms with E-state index in [0.29, 0.717) is 26.4 Å². The third kappa shape index (κ3) is 5.23. The first kappa shape index (κ1) is 18.3. The minimum atomic E-state index is -0.812. The summed E-state index contributed by atoms with van der Waals surface area (Å²) in [6.45, 7) is 0.406. The van der Waals surface area contributed by atoms with Crippen molar-refractivity contribution in [2.75, 3.05) is 13.2 Å². The van der Waals surface area contributed by atoms with Crippen LogP contribution in [0.2, 0.25) is 15.1 Å². The van der Waals surface area contributed by atoms with Crippen molar-refractivity contribution < 1.29 is 14.2 Å². The van der Waals surface area contributed by atoms with Crippen molar-refractivity contribution in [3.05, 3.63) is 62.8 Å². The number of rotatable bonds is 7. The van der Waals surface area contributed by atoms with Crippen molar-refractivity contribution in [2.24, 2.45) is 0 Å². The lowest BCUT2D eigenvalue weighted by Gasteiger charge is -2.15. The fourth-order valence-electron chi connectivity index (χ4n) is 1.92. The van der Waals surface area contributed by atoms with Crippen molar-refractivity contribution in [1.29, 1.82) is 0 Å². The minimum Gasteiger partial charge on any atom is -0.488 e. The monoisotopic (exact) mass is 377 g/mol. The van der Waals surface area contributed by atoms with E-state index >= 15 is 0 Å². The van der Waals surface area contributed by atoms with Gasteiger partial charge < -0.3 is 15.2 Å². The summed E-state index contributed by atoms with van der Waals surface area (Å²) < 4.78 is 19.0. The second-order valence-electron chi connectivity index (χ2n) is 4.85. The van der Waals surface area contributed by atoms with Gasteiger partial charge in [0.05, 0.1) is 10.0 Å². The average Bonchev–Trinajstić information content (AvgIpc) is 2.50. The lowest BCUT2D eigenvalue weighted by atomic mass is 10.2. The summed E-state index contributed by atoms with van der Waals surface area (Å²) in [6, 6.07) is 9.48. The highest BCUT2D eigenvalue weighted by Crippen LogP contribution is 2.32. The Labute approximate surface area is 148 Å². The number of para-hydroxylation sites is 1. The van der Waals surface area contributed by atoms with Crippen molar-refractivity contribution in [2.45, 2.75) is 12.6 Å². The third-order valence-corrected chi connectivity index (χ3v) is 4.03. The summed E-state index contributed by atoms with van der Waals surface area (Å²) in [6.07, 6.45) is -0.812. The molecule has 7 heteroatoms. The Balaban J connectivity index is 1.81. The Bertz CT molecular complexity index is 629. The highest BCUT2D eigenvalue weighted by Gasteiger charge is 2.11. The van der Waals surface area contributed by atoms with E-state index in [1.54, 1.807) is 24.3 Å². The van der Waals surface area contributed by atoms with E-state index in [0.717, 1.165) is 0 Å². The second kappa shape index (κ2) is 8.71. The fourth-order valence-corrected chi connectivity index (χ4v) is 2.66. The van der Waals surface area contributed by atoms with E-state index in [9.17, 15) is 9.50 Å². The van der Waals surface area contributed by atoms with E-state index in [-0.39, 0.29) is 19.7 Å². The Morgan fingerprint density at radius 1 is 1.04 bits per heavy atom. The van der Waals surface area contributed by atoms with Gasteiger partial charge >= 0.3 is 0 Å². The molecule has 0 aliphatic heterocycles. The average molecular weight is 379 g/mol. The molecule has 1 atom stereocenters. The molecule has 23 heavy (non-hydrogen) atoms. The molecule has 0 fully saturated rings. The highest BCUT2D eigenvalue weighted by atomic mass is 35.5. The molecule has 2 aromatic rings. The number of benzene rings is 2. The number of ether oxygens (including phenoxy) is 1. The van der Waals surface area contributed by atoms with Crippen LogP contribution >= 0.6 is 34.8 Å². The predicted octanol–water partition coefficient (Wildman–Crippen LogP) is 4.32. The van der Waals surface area contributed by atoms with Gasteiger partial charge in [0.15, 0.2) is 5.75 Å². The molecule has 2 N–H and O–H groups in total. The lowest BCUT2D eigenvalue weighted by Crippen LogP contribution is -2.31. The first-order valence-electron chi connectivity index (χ1n) is 6.87. The standard InChI is InChI=1S/C16H15Cl3FNO2/c17-12-3-2-6-15(20)11(12)8-21-7-10(22)9-23-16-13(18)4-1-5-14(16)19/h1-6,10,21-22H,7-9H2. The molecular weight excluding hydrogens is 364 g/mol. The molecule has 2 aromatic carbocycles.